The minimum Gasteiger partial charge on any atom is -0.346 e. The van der Waals surface area contributed by atoms with E-state index in [1.54, 1.807) is 4.90 Å². The first kappa shape index (κ1) is 18.8. The molecule has 1 aromatic rings. The summed E-state index contributed by atoms with van der Waals surface area (Å²) >= 11 is 0. The van der Waals surface area contributed by atoms with Gasteiger partial charge in [0, 0.05) is 38.1 Å². The van der Waals surface area contributed by atoms with E-state index in [1.165, 1.54) is 18.4 Å². The lowest BCUT2D eigenvalue weighted by molar-refractivity contribution is -0.145. The molecule has 0 aromatic carbocycles. The van der Waals surface area contributed by atoms with Crippen LogP contribution in [-0.2, 0) is 16.1 Å². The average molecular weight is 358 g/mol. The van der Waals surface area contributed by atoms with E-state index in [2.05, 4.69) is 21.3 Å². The number of carbonyl (C=O) groups is 2. The molecule has 142 valence electrons. The van der Waals surface area contributed by atoms with Crippen molar-refractivity contribution < 1.29 is 9.59 Å². The lowest BCUT2D eigenvalue weighted by Gasteiger charge is -2.34. The van der Waals surface area contributed by atoms with Gasteiger partial charge in [0.25, 0.3) is 0 Å². The largest absolute Gasteiger partial charge is 0.346 e. The minimum atomic E-state index is -0.466. The van der Waals surface area contributed by atoms with Crippen LogP contribution in [0.1, 0.15) is 38.7 Å². The Bertz CT molecular complexity index is 611. The molecule has 0 saturated carbocycles. The molecule has 3 rings (SSSR count). The normalized spacial score (nSPS) is 22.0. The molecule has 2 amide bonds. The smallest absolute Gasteiger partial charge is 0.311 e. The fourth-order valence-corrected chi connectivity index (χ4v) is 4.16. The molecule has 2 aliphatic rings. The van der Waals surface area contributed by atoms with Gasteiger partial charge in [-0.3, -0.25) is 19.5 Å². The summed E-state index contributed by atoms with van der Waals surface area (Å²) in [5, 5.41) is 2.70. The van der Waals surface area contributed by atoms with Crippen LogP contribution in [0.15, 0.2) is 24.5 Å². The quantitative estimate of drug-likeness (QED) is 0.832. The van der Waals surface area contributed by atoms with Gasteiger partial charge in [-0.15, -0.1) is 0 Å². The molecule has 2 saturated heterocycles. The number of piperidine rings is 1. The molecule has 0 unspecified atom stereocenters. The van der Waals surface area contributed by atoms with E-state index in [4.69, 9.17) is 0 Å². The standard InChI is InChI=1S/C20H30N4O2/c1-15(2)22-19(25)20(26)24-11-7-18(14-24)17-5-9-23(10-6-17)13-16-4-3-8-21-12-16/h3-4,8,12,15,17-18H,5-7,9-11,13-14H2,1-2H3,(H,22,25)/t18-/m1/s1. The maximum atomic E-state index is 12.3. The highest BCUT2D eigenvalue weighted by molar-refractivity contribution is 6.35. The van der Waals surface area contributed by atoms with E-state index >= 15 is 0 Å². The fraction of sp³-hybridized carbons (Fsp3) is 0.650. The Hall–Kier alpha value is -1.95. The van der Waals surface area contributed by atoms with Crippen molar-refractivity contribution >= 4 is 11.8 Å². The van der Waals surface area contributed by atoms with E-state index < -0.39 is 5.91 Å². The molecule has 0 bridgehead atoms. The number of carbonyl (C=O) groups excluding carboxylic acids is 2. The van der Waals surface area contributed by atoms with Crippen molar-refractivity contribution in [1.82, 2.24) is 20.1 Å². The van der Waals surface area contributed by atoms with E-state index in [9.17, 15) is 9.59 Å². The molecule has 1 atom stereocenters. The topological polar surface area (TPSA) is 65.5 Å². The Kier molecular flexibility index (Phi) is 6.25. The van der Waals surface area contributed by atoms with Crippen molar-refractivity contribution in [2.24, 2.45) is 11.8 Å². The highest BCUT2D eigenvalue weighted by atomic mass is 16.2. The van der Waals surface area contributed by atoms with Crippen LogP contribution < -0.4 is 5.32 Å². The number of aromatic nitrogens is 1. The first-order valence-corrected chi connectivity index (χ1v) is 9.74. The summed E-state index contributed by atoms with van der Waals surface area (Å²) in [6.07, 6.45) is 7.11. The molecule has 3 heterocycles. The number of pyridine rings is 1. The summed E-state index contributed by atoms with van der Waals surface area (Å²) in [6, 6.07) is 4.11. The number of rotatable bonds is 4. The van der Waals surface area contributed by atoms with E-state index in [1.807, 2.05) is 32.3 Å². The fourth-order valence-electron chi connectivity index (χ4n) is 4.16. The van der Waals surface area contributed by atoms with Crippen LogP contribution in [0.25, 0.3) is 0 Å². The molecule has 6 nitrogen and oxygen atoms in total. The second-order valence-corrected chi connectivity index (χ2v) is 7.90. The van der Waals surface area contributed by atoms with Crippen LogP contribution in [0.2, 0.25) is 0 Å². The Morgan fingerprint density at radius 1 is 1.19 bits per heavy atom. The maximum Gasteiger partial charge on any atom is 0.311 e. The van der Waals surface area contributed by atoms with Crippen molar-refractivity contribution in [1.29, 1.82) is 0 Å². The molecule has 2 aliphatic heterocycles. The van der Waals surface area contributed by atoms with Gasteiger partial charge in [0.05, 0.1) is 0 Å². The molecule has 1 N–H and O–H groups in total. The molecule has 0 radical (unpaired) electrons. The van der Waals surface area contributed by atoms with Crippen LogP contribution >= 0.6 is 0 Å². The van der Waals surface area contributed by atoms with Crippen molar-refractivity contribution in [3.63, 3.8) is 0 Å². The lowest BCUT2D eigenvalue weighted by Crippen LogP contribution is -2.44. The molecule has 1 aromatic heterocycles. The predicted molar refractivity (Wildman–Crippen MR) is 100 cm³/mol. The van der Waals surface area contributed by atoms with Crippen LogP contribution in [0, 0.1) is 11.8 Å². The monoisotopic (exact) mass is 358 g/mol. The van der Waals surface area contributed by atoms with Crippen LogP contribution in [0.4, 0.5) is 0 Å². The molecule has 6 heteroatoms. The van der Waals surface area contributed by atoms with Gasteiger partial charge >= 0.3 is 11.8 Å². The van der Waals surface area contributed by atoms with Gasteiger partial charge in [-0.2, -0.15) is 0 Å². The second-order valence-electron chi connectivity index (χ2n) is 7.90. The van der Waals surface area contributed by atoms with E-state index in [0.29, 0.717) is 18.4 Å². The number of hydrogen-bond donors (Lipinski definition) is 1. The third kappa shape index (κ3) is 4.81. The number of nitrogens with zero attached hydrogens (tertiary/aromatic N) is 3. The first-order valence-electron chi connectivity index (χ1n) is 9.74. The molecule has 0 spiro atoms. The summed E-state index contributed by atoms with van der Waals surface area (Å²) in [5.74, 6) is 0.361. The number of nitrogens with one attached hydrogen (secondary N) is 1. The van der Waals surface area contributed by atoms with Gasteiger partial charge in [0.2, 0.25) is 0 Å². The Morgan fingerprint density at radius 2 is 1.92 bits per heavy atom. The molecule has 26 heavy (non-hydrogen) atoms. The predicted octanol–water partition coefficient (Wildman–Crippen LogP) is 1.67. The van der Waals surface area contributed by atoms with Gasteiger partial charge in [0.1, 0.15) is 0 Å². The Morgan fingerprint density at radius 3 is 2.58 bits per heavy atom. The van der Waals surface area contributed by atoms with Crippen LogP contribution in [0.3, 0.4) is 0 Å². The zero-order chi connectivity index (χ0) is 18.5. The SMILES string of the molecule is CC(C)NC(=O)C(=O)N1CC[C@@H](C2CCN(Cc3cccnc3)CC2)C1. The summed E-state index contributed by atoms with van der Waals surface area (Å²) in [4.78, 5) is 32.6. The average Bonchev–Trinajstić information content (AvgIpc) is 3.12. The van der Waals surface area contributed by atoms with Crippen molar-refractivity contribution in [2.45, 2.75) is 45.7 Å². The highest BCUT2D eigenvalue weighted by Gasteiger charge is 2.35. The number of likely N-dealkylation sites (tertiary alicyclic amines) is 2. The number of hydrogen-bond acceptors (Lipinski definition) is 4. The zero-order valence-electron chi connectivity index (χ0n) is 15.9. The second kappa shape index (κ2) is 8.62. The third-order valence-electron chi connectivity index (χ3n) is 5.55. The maximum absolute atomic E-state index is 12.3. The van der Waals surface area contributed by atoms with E-state index in [-0.39, 0.29) is 11.9 Å². The molecular weight excluding hydrogens is 328 g/mol. The van der Waals surface area contributed by atoms with Crippen molar-refractivity contribution in [3.05, 3.63) is 30.1 Å². The summed E-state index contributed by atoms with van der Waals surface area (Å²) < 4.78 is 0. The summed E-state index contributed by atoms with van der Waals surface area (Å²) in [5.41, 5.74) is 1.26. The third-order valence-corrected chi connectivity index (χ3v) is 5.55. The van der Waals surface area contributed by atoms with Gasteiger partial charge in [-0.1, -0.05) is 6.07 Å². The van der Waals surface area contributed by atoms with E-state index in [0.717, 1.165) is 32.6 Å². The first-order chi connectivity index (χ1) is 12.5. The van der Waals surface area contributed by atoms with Crippen molar-refractivity contribution in [2.75, 3.05) is 26.2 Å². The van der Waals surface area contributed by atoms with Gasteiger partial charge in [-0.05, 0) is 69.7 Å². The molecule has 2 fully saturated rings. The number of amides is 2. The highest BCUT2D eigenvalue weighted by Crippen LogP contribution is 2.32. The molecular formula is C20H30N4O2. The van der Waals surface area contributed by atoms with Crippen LogP contribution in [-0.4, -0.2) is 58.8 Å². The van der Waals surface area contributed by atoms with Crippen LogP contribution in [0.5, 0.6) is 0 Å². The molecule has 0 aliphatic carbocycles. The Labute approximate surface area is 156 Å². The Balaban J connectivity index is 1.44. The lowest BCUT2D eigenvalue weighted by atomic mass is 9.83. The minimum absolute atomic E-state index is 0.00556. The summed E-state index contributed by atoms with van der Waals surface area (Å²) in [7, 11) is 0. The van der Waals surface area contributed by atoms with Gasteiger partial charge in [-0.25, -0.2) is 0 Å². The van der Waals surface area contributed by atoms with Gasteiger partial charge in [0.15, 0.2) is 0 Å². The zero-order valence-corrected chi connectivity index (χ0v) is 15.9. The summed E-state index contributed by atoms with van der Waals surface area (Å²) in [6.45, 7) is 8.35. The van der Waals surface area contributed by atoms with Crippen molar-refractivity contribution in [3.8, 4) is 0 Å². The van der Waals surface area contributed by atoms with Gasteiger partial charge < -0.3 is 10.2 Å².